The number of aryl methyl sites for hydroxylation is 1. The first-order valence-electron chi connectivity index (χ1n) is 4.58. The van der Waals surface area contributed by atoms with Crippen molar-refractivity contribution in [1.29, 1.82) is 0 Å². The second-order valence-electron chi connectivity index (χ2n) is 3.34. The largest absolute Gasteiger partial charge is 0.271 e. The van der Waals surface area contributed by atoms with E-state index in [9.17, 15) is 0 Å². The van der Waals surface area contributed by atoms with Crippen LogP contribution in [0.3, 0.4) is 0 Å². The zero-order valence-electron chi connectivity index (χ0n) is 8.46. The first-order chi connectivity index (χ1) is 7.63. The molecule has 0 radical (unpaired) electrons. The van der Waals surface area contributed by atoms with Crippen LogP contribution in [0.5, 0.6) is 0 Å². The maximum absolute atomic E-state index is 5.65. The number of nitrogens with two attached hydrogens (primary N) is 1. The van der Waals surface area contributed by atoms with Crippen molar-refractivity contribution in [1.82, 2.24) is 5.43 Å². The van der Waals surface area contributed by atoms with Gasteiger partial charge in [0.05, 0.1) is 9.83 Å². The number of halogens is 2. The minimum atomic E-state index is 0.0596. The second-order valence-corrected chi connectivity index (χ2v) is 7.54. The van der Waals surface area contributed by atoms with Crippen molar-refractivity contribution in [3.8, 4) is 0 Å². The van der Waals surface area contributed by atoms with E-state index >= 15 is 0 Å². The van der Waals surface area contributed by atoms with Gasteiger partial charge in [0.2, 0.25) is 0 Å². The van der Waals surface area contributed by atoms with Crippen LogP contribution in [0.1, 0.15) is 21.4 Å². The molecule has 2 aromatic rings. The number of hydrogen-bond donors (Lipinski definition) is 2. The summed E-state index contributed by atoms with van der Waals surface area (Å²) in [5, 5.41) is 2.05. The molecule has 2 heterocycles. The molecule has 2 nitrogen and oxygen atoms in total. The molecule has 3 N–H and O–H groups in total. The molecule has 6 heteroatoms. The summed E-state index contributed by atoms with van der Waals surface area (Å²) in [4.78, 5) is 2.42. The third kappa shape index (κ3) is 2.42. The Morgan fingerprint density at radius 2 is 2.19 bits per heavy atom. The van der Waals surface area contributed by atoms with E-state index in [1.165, 1.54) is 15.3 Å². The SMILES string of the molecule is Cc1cc(C(NN)c2sccc2Br)sc1Br. The van der Waals surface area contributed by atoms with Crippen molar-refractivity contribution in [3.63, 3.8) is 0 Å². The van der Waals surface area contributed by atoms with E-state index in [1.807, 2.05) is 6.07 Å². The molecular formula is C10H10Br2N2S2. The van der Waals surface area contributed by atoms with Crippen molar-refractivity contribution in [2.75, 3.05) is 0 Å². The minimum Gasteiger partial charge on any atom is -0.271 e. The summed E-state index contributed by atoms with van der Waals surface area (Å²) in [7, 11) is 0. The summed E-state index contributed by atoms with van der Waals surface area (Å²) in [6, 6.07) is 4.26. The lowest BCUT2D eigenvalue weighted by molar-refractivity contribution is 0.654. The summed E-state index contributed by atoms with van der Waals surface area (Å²) >= 11 is 10.5. The molecule has 1 unspecified atom stereocenters. The van der Waals surface area contributed by atoms with E-state index < -0.39 is 0 Å². The van der Waals surface area contributed by atoms with Gasteiger partial charge >= 0.3 is 0 Å². The van der Waals surface area contributed by atoms with Crippen molar-refractivity contribution < 1.29 is 0 Å². The molecular weight excluding hydrogens is 372 g/mol. The third-order valence-electron chi connectivity index (χ3n) is 2.23. The lowest BCUT2D eigenvalue weighted by Crippen LogP contribution is -2.27. The summed E-state index contributed by atoms with van der Waals surface area (Å²) in [6.45, 7) is 2.08. The van der Waals surface area contributed by atoms with Gasteiger partial charge in [-0.3, -0.25) is 5.84 Å². The molecule has 0 fully saturated rings. The molecule has 0 aliphatic rings. The van der Waals surface area contributed by atoms with Crippen LogP contribution in [0.4, 0.5) is 0 Å². The van der Waals surface area contributed by atoms with E-state index in [2.05, 4.69) is 55.7 Å². The van der Waals surface area contributed by atoms with Crippen molar-refractivity contribution in [2.45, 2.75) is 13.0 Å². The van der Waals surface area contributed by atoms with Gasteiger partial charge in [-0.15, -0.1) is 22.7 Å². The molecule has 2 aromatic heterocycles. The standard InChI is InChI=1S/C10H10Br2N2S2/c1-5-4-7(16-10(5)12)8(14-13)9-6(11)2-3-15-9/h2-4,8,14H,13H2,1H3. The number of hydrazine groups is 1. The average molecular weight is 382 g/mol. The number of thiophene rings is 2. The smallest absolute Gasteiger partial charge is 0.0906 e. The number of hydrogen-bond acceptors (Lipinski definition) is 4. The molecule has 86 valence electrons. The van der Waals surface area contributed by atoms with Crippen LogP contribution >= 0.6 is 54.5 Å². The Balaban J connectivity index is 2.40. The first-order valence-corrected chi connectivity index (χ1v) is 7.86. The highest BCUT2D eigenvalue weighted by atomic mass is 79.9. The zero-order chi connectivity index (χ0) is 11.7. The molecule has 0 spiro atoms. The fourth-order valence-electron chi connectivity index (χ4n) is 1.42. The highest BCUT2D eigenvalue weighted by molar-refractivity contribution is 9.11. The van der Waals surface area contributed by atoms with E-state index in [0.29, 0.717) is 0 Å². The number of rotatable bonds is 3. The Hall–Kier alpha value is 0.280. The van der Waals surface area contributed by atoms with Gasteiger partial charge in [-0.05, 0) is 61.9 Å². The first kappa shape index (κ1) is 12.7. The summed E-state index contributed by atoms with van der Waals surface area (Å²) in [5.41, 5.74) is 4.12. The molecule has 0 aliphatic carbocycles. The van der Waals surface area contributed by atoms with Crippen LogP contribution in [-0.2, 0) is 0 Å². The Labute approximate surface area is 119 Å². The van der Waals surface area contributed by atoms with Gasteiger partial charge in [0.25, 0.3) is 0 Å². The summed E-state index contributed by atoms with van der Waals surface area (Å²) < 4.78 is 2.26. The van der Waals surface area contributed by atoms with Gasteiger partial charge in [-0.25, -0.2) is 5.43 Å². The van der Waals surface area contributed by atoms with Gasteiger partial charge in [-0.2, -0.15) is 0 Å². The lowest BCUT2D eigenvalue weighted by Gasteiger charge is -2.12. The van der Waals surface area contributed by atoms with Crippen molar-refractivity contribution >= 4 is 54.5 Å². The Morgan fingerprint density at radius 1 is 1.44 bits per heavy atom. The number of nitrogens with one attached hydrogen (secondary N) is 1. The van der Waals surface area contributed by atoms with Gasteiger partial charge < -0.3 is 0 Å². The van der Waals surface area contributed by atoms with Gasteiger partial charge in [-0.1, -0.05) is 0 Å². The topological polar surface area (TPSA) is 38.0 Å². The minimum absolute atomic E-state index is 0.0596. The highest BCUT2D eigenvalue weighted by Gasteiger charge is 2.19. The van der Waals surface area contributed by atoms with Crippen molar-refractivity contribution in [3.05, 3.63) is 41.1 Å². The molecule has 0 saturated carbocycles. The molecule has 1 atom stereocenters. The van der Waals surface area contributed by atoms with Crippen LogP contribution in [0.15, 0.2) is 25.8 Å². The van der Waals surface area contributed by atoms with E-state index in [0.717, 1.165) is 8.26 Å². The maximum atomic E-state index is 5.65. The van der Waals surface area contributed by atoms with Crippen LogP contribution in [0.25, 0.3) is 0 Å². The van der Waals surface area contributed by atoms with Gasteiger partial charge in [0.15, 0.2) is 0 Å². The fourth-order valence-corrected chi connectivity index (χ4v) is 4.82. The van der Waals surface area contributed by atoms with Crippen LogP contribution < -0.4 is 11.3 Å². The van der Waals surface area contributed by atoms with E-state index in [-0.39, 0.29) is 6.04 Å². The van der Waals surface area contributed by atoms with E-state index in [4.69, 9.17) is 5.84 Å². The molecule has 0 aliphatic heterocycles. The molecule has 2 rings (SSSR count). The zero-order valence-corrected chi connectivity index (χ0v) is 13.3. The Morgan fingerprint density at radius 3 is 2.62 bits per heavy atom. The molecule has 0 bridgehead atoms. The average Bonchev–Trinajstić information content (AvgIpc) is 2.78. The summed E-state index contributed by atoms with van der Waals surface area (Å²) in [5.74, 6) is 5.65. The molecule has 0 amide bonds. The third-order valence-corrected chi connectivity index (χ3v) is 6.37. The van der Waals surface area contributed by atoms with Gasteiger partial charge in [0, 0.05) is 14.2 Å². The Bertz CT molecular complexity index is 473. The monoisotopic (exact) mass is 380 g/mol. The van der Waals surface area contributed by atoms with Crippen LogP contribution in [-0.4, -0.2) is 0 Å². The molecule has 16 heavy (non-hydrogen) atoms. The quantitative estimate of drug-likeness (QED) is 0.617. The molecule has 0 aromatic carbocycles. The second kappa shape index (κ2) is 5.29. The normalized spacial score (nSPS) is 13.0. The van der Waals surface area contributed by atoms with Crippen LogP contribution in [0.2, 0.25) is 0 Å². The Kier molecular flexibility index (Phi) is 4.21. The summed E-state index contributed by atoms with van der Waals surface area (Å²) in [6.07, 6.45) is 0. The predicted molar refractivity (Wildman–Crippen MR) is 77.9 cm³/mol. The molecule has 0 saturated heterocycles. The lowest BCUT2D eigenvalue weighted by atomic mass is 10.2. The van der Waals surface area contributed by atoms with Gasteiger partial charge in [0.1, 0.15) is 0 Å². The predicted octanol–water partition coefficient (Wildman–Crippen LogP) is 4.20. The van der Waals surface area contributed by atoms with Crippen molar-refractivity contribution in [2.24, 2.45) is 5.84 Å². The maximum Gasteiger partial charge on any atom is 0.0906 e. The highest BCUT2D eigenvalue weighted by Crippen LogP contribution is 2.38. The van der Waals surface area contributed by atoms with E-state index in [1.54, 1.807) is 22.7 Å². The fraction of sp³-hybridized carbons (Fsp3) is 0.200. The van der Waals surface area contributed by atoms with Crippen LogP contribution in [0, 0.1) is 6.92 Å².